The molecule has 5 nitrogen and oxygen atoms in total. The van der Waals surface area contributed by atoms with Crippen LogP contribution in [0.5, 0.6) is 0 Å². The first kappa shape index (κ1) is 18.6. The van der Waals surface area contributed by atoms with Crippen molar-refractivity contribution in [3.05, 3.63) is 23.2 Å². The maximum Gasteiger partial charge on any atom is 0.226 e. The number of anilines is 2. The van der Waals surface area contributed by atoms with Crippen LogP contribution in [0.4, 0.5) is 11.4 Å². The number of para-hydroxylation sites is 1. The van der Waals surface area contributed by atoms with Gasteiger partial charge in [0.2, 0.25) is 11.8 Å². The first-order chi connectivity index (χ1) is 11.3. The smallest absolute Gasteiger partial charge is 0.226 e. The van der Waals surface area contributed by atoms with Gasteiger partial charge in [0.25, 0.3) is 0 Å². The largest absolute Gasteiger partial charge is 0.365 e. The van der Waals surface area contributed by atoms with Crippen LogP contribution in [0.25, 0.3) is 0 Å². The van der Waals surface area contributed by atoms with E-state index in [0.717, 1.165) is 11.4 Å². The molecule has 1 aliphatic rings. The van der Waals surface area contributed by atoms with Crippen molar-refractivity contribution in [3.8, 4) is 0 Å². The number of hydrogen-bond donors (Lipinski definition) is 1. The van der Waals surface area contributed by atoms with Gasteiger partial charge in [-0.3, -0.25) is 9.59 Å². The first-order valence-electron chi connectivity index (χ1n) is 8.44. The molecule has 24 heavy (non-hydrogen) atoms. The van der Waals surface area contributed by atoms with Crippen LogP contribution >= 0.6 is 11.6 Å². The summed E-state index contributed by atoms with van der Waals surface area (Å²) in [6, 6.07) is 5.53. The number of piperazine rings is 1. The van der Waals surface area contributed by atoms with E-state index in [0.29, 0.717) is 31.2 Å². The summed E-state index contributed by atoms with van der Waals surface area (Å²) < 4.78 is 0. The van der Waals surface area contributed by atoms with Gasteiger partial charge in [0.05, 0.1) is 16.4 Å². The molecule has 1 aliphatic heterocycles. The number of carbonyl (C=O) groups excluding carboxylic acids is 2. The molecule has 0 radical (unpaired) electrons. The molecule has 2 amide bonds. The van der Waals surface area contributed by atoms with Gasteiger partial charge in [0, 0.05) is 38.0 Å². The fourth-order valence-electron chi connectivity index (χ4n) is 2.73. The standard InChI is InChI=1S/C18H26ClN3O2/c1-12(2)17(23)20-15-7-5-6-14(19)16(15)21-8-10-22(11-9-21)18(24)13(3)4/h5-7,12-13H,8-11H2,1-4H3,(H,20,23). The molecule has 6 heteroatoms. The van der Waals surface area contributed by atoms with E-state index in [4.69, 9.17) is 11.6 Å². The second-order valence-electron chi connectivity index (χ2n) is 6.75. The van der Waals surface area contributed by atoms with E-state index in [-0.39, 0.29) is 23.7 Å². The Morgan fingerprint density at radius 3 is 2.21 bits per heavy atom. The highest BCUT2D eigenvalue weighted by Gasteiger charge is 2.25. The van der Waals surface area contributed by atoms with Crippen molar-refractivity contribution in [3.63, 3.8) is 0 Å². The molecule has 0 atom stereocenters. The van der Waals surface area contributed by atoms with Crippen molar-refractivity contribution >= 4 is 34.8 Å². The van der Waals surface area contributed by atoms with Crippen molar-refractivity contribution in [1.82, 2.24) is 4.90 Å². The van der Waals surface area contributed by atoms with E-state index in [1.165, 1.54) is 0 Å². The summed E-state index contributed by atoms with van der Waals surface area (Å²) in [5.41, 5.74) is 1.56. The minimum atomic E-state index is -0.0997. The Kier molecular flexibility index (Phi) is 6.10. The van der Waals surface area contributed by atoms with Crippen LogP contribution in [0, 0.1) is 11.8 Å². The number of nitrogens with zero attached hydrogens (tertiary/aromatic N) is 2. The predicted molar refractivity (Wildman–Crippen MR) is 98.6 cm³/mol. The van der Waals surface area contributed by atoms with Crippen LogP contribution in [0.3, 0.4) is 0 Å². The molecule has 1 heterocycles. The molecular weight excluding hydrogens is 326 g/mol. The zero-order valence-electron chi connectivity index (χ0n) is 14.8. The maximum atomic E-state index is 12.1. The first-order valence-corrected chi connectivity index (χ1v) is 8.82. The fraction of sp³-hybridized carbons (Fsp3) is 0.556. The summed E-state index contributed by atoms with van der Waals surface area (Å²) in [5.74, 6) is 0.0596. The third kappa shape index (κ3) is 4.20. The average molecular weight is 352 g/mol. The van der Waals surface area contributed by atoms with Crippen molar-refractivity contribution in [2.75, 3.05) is 36.4 Å². The summed E-state index contributed by atoms with van der Waals surface area (Å²) in [4.78, 5) is 28.2. The summed E-state index contributed by atoms with van der Waals surface area (Å²) in [6.45, 7) is 10.3. The second kappa shape index (κ2) is 7.88. The summed E-state index contributed by atoms with van der Waals surface area (Å²) in [6.07, 6.45) is 0. The lowest BCUT2D eigenvalue weighted by Crippen LogP contribution is -2.50. The molecule has 0 bridgehead atoms. The summed E-state index contributed by atoms with van der Waals surface area (Å²) >= 11 is 6.40. The van der Waals surface area contributed by atoms with Crippen molar-refractivity contribution in [2.24, 2.45) is 11.8 Å². The highest BCUT2D eigenvalue weighted by Crippen LogP contribution is 2.35. The van der Waals surface area contributed by atoms with Crippen LogP contribution in [-0.2, 0) is 9.59 Å². The number of benzene rings is 1. The van der Waals surface area contributed by atoms with Crippen molar-refractivity contribution in [2.45, 2.75) is 27.7 Å². The maximum absolute atomic E-state index is 12.1. The Hall–Kier alpha value is -1.75. The average Bonchev–Trinajstić information content (AvgIpc) is 2.54. The third-order valence-corrected chi connectivity index (χ3v) is 4.48. The Balaban J connectivity index is 2.15. The fourth-order valence-corrected chi connectivity index (χ4v) is 3.02. The molecule has 1 N–H and O–H groups in total. The normalized spacial score (nSPS) is 15.1. The molecule has 132 valence electrons. The topological polar surface area (TPSA) is 52.7 Å². The van der Waals surface area contributed by atoms with Gasteiger partial charge in [-0.1, -0.05) is 45.4 Å². The summed E-state index contributed by atoms with van der Waals surface area (Å²) in [7, 11) is 0. The molecule has 1 fully saturated rings. The molecule has 0 saturated carbocycles. The van der Waals surface area contributed by atoms with Gasteiger partial charge in [-0.15, -0.1) is 0 Å². The van der Waals surface area contributed by atoms with E-state index in [1.54, 1.807) is 0 Å². The van der Waals surface area contributed by atoms with E-state index < -0.39 is 0 Å². The molecule has 0 aromatic heterocycles. The Morgan fingerprint density at radius 2 is 1.67 bits per heavy atom. The van der Waals surface area contributed by atoms with Crippen LogP contribution in [0.2, 0.25) is 5.02 Å². The number of rotatable bonds is 4. The van der Waals surface area contributed by atoms with Gasteiger partial charge in [0.15, 0.2) is 0 Å². The lowest BCUT2D eigenvalue weighted by Gasteiger charge is -2.38. The molecule has 1 saturated heterocycles. The number of carbonyl (C=O) groups is 2. The number of nitrogens with one attached hydrogen (secondary N) is 1. The monoisotopic (exact) mass is 351 g/mol. The highest BCUT2D eigenvalue weighted by atomic mass is 35.5. The molecule has 0 aliphatic carbocycles. The van der Waals surface area contributed by atoms with Gasteiger partial charge >= 0.3 is 0 Å². The molecule has 1 aromatic carbocycles. The third-order valence-electron chi connectivity index (χ3n) is 4.17. The predicted octanol–water partition coefficient (Wildman–Crippen LogP) is 3.24. The zero-order valence-corrected chi connectivity index (χ0v) is 15.6. The SMILES string of the molecule is CC(C)C(=O)Nc1cccc(Cl)c1N1CCN(C(=O)C(C)C)CC1. The molecular formula is C18H26ClN3O2. The lowest BCUT2D eigenvalue weighted by atomic mass is 10.1. The van der Waals surface area contributed by atoms with E-state index in [1.807, 2.05) is 50.8 Å². The van der Waals surface area contributed by atoms with E-state index in [2.05, 4.69) is 10.2 Å². The van der Waals surface area contributed by atoms with Gasteiger partial charge in [-0.2, -0.15) is 0 Å². The molecule has 2 rings (SSSR count). The zero-order chi connectivity index (χ0) is 17.9. The van der Waals surface area contributed by atoms with Crippen LogP contribution < -0.4 is 10.2 Å². The lowest BCUT2D eigenvalue weighted by molar-refractivity contribution is -0.134. The van der Waals surface area contributed by atoms with Gasteiger partial charge in [-0.05, 0) is 12.1 Å². The Labute approximate surface area is 149 Å². The Bertz CT molecular complexity index is 608. The Morgan fingerprint density at radius 1 is 1.04 bits per heavy atom. The van der Waals surface area contributed by atoms with Crippen molar-refractivity contribution < 1.29 is 9.59 Å². The highest BCUT2D eigenvalue weighted by molar-refractivity contribution is 6.34. The van der Waals surface area contributed by atoms with Crippen LogP contribution in [-0.4, -0.2) is 42.9 Å². The van der Waals surface area contributed by atoms with E-state index >= 15 is 0 Å². The number of hydrogen-bond acceptors (Lipinski definition) is 3. The van der Waals surface area contributed by atoms with E-state index in [9.17, 15) is 9.59 Å². The molecule has 0 spiro atoms. The summed E-state index contributed by atoms with van der Waals surface area (Å²) in [5, 5.41) is 3.57. The molecule has 0 unspecified atom stereocenters. The van der Waals surface area contributed by atoms with Gasteiger partial charge in [-0.25, -0.2) is 0 Å². The minimum Gasteiger partial charge on any atom is -0.365 e. The minimum absolute atomic E-state index is 0.0118. The quantitative estimate of drug-likeness (QED) is 0.906. The number of amides is 2. The number of halogens is 1. The second-order valence-corrected chi connectivity index (χ2v) is 7.15. The van der Waals surface area contributed by atoms with Crippen LogP contribution in [0.1, 0.15) is 27.7 Å². The van der Waals surface area contributed by atoms with Gasteiger partial charge < -0.3 is 15.1 Å². The van der Waals surface area contributed by atoms with Gasteiger partial charge in [0.1, 0.15) is 0 Å². The molecule has 1 aromatic rings. The van der Waals surface area contributed by atoms with Crippen molar-refractivity contribution in [1.29, 1.82) is 0 Å². The van der Waals surface area contributed by atoms with Crippen LogP contribution in [0.15, 0.2) is 18.2 Å².